The van der Waals surface area contributed by atoms with Gasteiger partial charge >= 0.3 is 0 Å². The van der Waals surface area contributed by atoms with Crippen molar-refractivity contribution < 1.29 is 5.06 Å². The van der Waals surface area contributed by atoms with Crippen molar-refractivity contribution in [1.82, 2.24) is 0 Å². The summed E-state index contributed by atoms with van der Waals surface area (Å²) in [5.41, 5.74) is 2.26. The van der Waals surface area contributed by atoms with Gasteiger partial charge in [0.05, 0.1) is 6.54 Å². The highest BCUT2D eigenvalue weighted by Crippen LogP contribution is 2.05. The van der Waals surface area contributed by atoms with E-state index in [4.69, 9.17) is 0 Å². The number of allylic oxidation sites excluding steroid dienone is 1. The van der Waals surface area contributed by atoms with Crippen LogP contribution in [0.1, 0.15) is 20.3 Å². The van der Waals surface area contributed by atoms with Gasteiger partial charge < -0.3 is 10.3 Å². The fourth-order valence-corrected chi connectivity index (χ4v) is 0.914. The molecule has 0 aromatic rings. The highest BCUT2D eigenvalue weighted by molar-refractivity contribution is 5.05. The van der Waals surface area contributed by atoms with E-state index in [1.807, 2.05) is 13.8 Å². The van der Waals surface area contributed by atoms with Crippen LogP contribution in [0.5, 0.6) is 0 Å². The van der Waals surface area contributed by atoms with Crippen LogP contribution in [0.4, 0.5) is 0 Å². The lowest BCUT2D eigenvalue weighted by atomic mass is 10.2. The molecule has 0 spiro atoms. The predicted octanol–water partition coefficient (Wildman–Crippen LogP) is 0.0667. The molecule has 0 fully saturated rings. The molecular formula is C6H11NO. The van der Waals surface area contributed by atoms with Crippen LogP contribution in [-0.2, 0) is 0 Å². The zero-order chi connectivity index (χ0) is 6.15. The smallest absolute Gasteiger partial charge is 0.103 e. The number of hydrogen-bond donors (Lipinski definition) is 1. The Bertz CT molecular complexity index is 128. The summed E-state index contributed by atoms with van der Waals surface area (Å²) in [5, 5.41) is 11.1. The SMILES string of the molecule is CC1=C(C)[NH+]([O-])CC1. The monoisotopic (exact) mass is 113 g/mol. The molecule has 1 heterocycles. The van der Waals surface area contributed by atoms with E-state index in [2.05, 4.69) is 0 Å². The number of hydroxylamine groups is 2. The highest BCUT2D eigenvalue weighted by atomic mass is 16.5. The molecular weight excluding hydrogens is 102 g/mol. The van der Waals surface area contributed by atoms with E-state index in [0.717, 1.165) is 18.7 Å². The van der Waals surface area contributed by atoms with Gasteiger partial charge in [-0.2, -0.15) is 0 Å². The summed E-state index contributed by atoms with van der Waals surface area (Å²) in [6.07, 6.45) is 0.991. The third-order valence-corrected chi connectivity index (χ3v) is 1.79. The Morgan fingerprint density at radius 3 is 2.25 bits per heavy atom. The first kappa shape index (κ1) is 5.79. The Labute approximate surface area is 49.4 Å². The molecule has 0 aromatic heterocycles. The van der Waals surface area contributed by atoms with Crippen LogP contribution in [0.2, 0.25) is 0 Å². The van der Waals surface area contributed by atoms with Crippen molar-refractivity contribution in [3.63, 3.8) is 0 Å². The summed E-state index contributed by atoms with van der Waals surface area (Å²) in [4.78, 5) is 0. The third kappa shape index (κ3) is 0.767. The van der Waals surface area contributed by atoms with Crippen molar-refractivity contribution in [2.75, 3.05) is 6.54 Å². The molecule has 0 bridgehead atoms. The Morgan fingerprint density at radius 1 is 1.50 bits per heavy atom. The zero-order valence-electron chi connectivity index (χ0n) is 5.32. The van der Waals surface area contributed by atoms with E-state index in [1.165, 1.54) is 5.57 Å². The fourth-order valence-electron chi connectivity index (χ4n) is 0.914. The van der Waals surface area contributed by atoms with Crippen molar-refractivity contribution in [2.24, 2.45) is 0 Å². The average molecular weight is 113 g/mol. The highest BCUT2D eigenvalue weighted by Gasteiger charge is 2.12. The molecule has 2 heteroatoms. The molecule has 1 aliphatic heterocycles. The first-order valence-corrected chi connectivity index (χ1v) is 2.91. The lowest BCUT2D eigenvalue weighted by Crippen LogP contribution is -3.03. The average Bonchev–Trinajstić information content (AvgIpc) is 1.98. The molecule has 1 N–H and O–H groups in total. The van der Waals surface area contributed by atoms with E-state index in [-0.39, 0.29) is 0 Å². The van der Waals surface area contributed by atoms with Crippen LogP contribution in [0.15, 0.2) is 11.3 Å². The Morgan fingerprint density at radius 2 is 2.12 bits per heavy atom. The van der Waals surface area contributed by atoms with E-state index in [1.54, 1.807) is 0 Å². The second kappa shape index (κ2) is 1.88. The van der Waals surface area contributed by atoms with Crippen LogP contribution >= 0.6 is 0 Å². The molecule has 46 valence electrons. The largest absolute Gasteiger partial charge is 0.629 e. The number of rotatable bonds is 0. The van der Waals surface area contributed by atoms with Gasteiger partial charge in [0, 0.05) is 13.3 Å². The number of nitrogens with one attached hydrogen (secondary N) is 1. The molecule has 0 saturated heterocycles. The third-order valence-electron chi connectivity index (χ3n) is 1.79. The van der Waals surface area contributed by atoms with Gasteiger partial charge in [-0.3, -0.25) is 0 Å². The number of quaternary nitrogens is 1. The second-order valence-corrected chi connectivity index (χ2v) is 2.33. The zero-order valence-corrected chi connectivity index (χ0v) is 5.32. The maximum Gasteiger partial charge on any atom is 0.103 e. The van der Waals surface area contributed by atoms with E-state index < -0.39 is 0 Å². The van der Waals surface area contributed by atoms with Gasteiger partial charge in [-0.05, 0) is 12.5 Å². The van der Waals surface area contributed by atoms with Gasteiger partial charge in [-0.1, -0.05) is 0 Å². The molecule has 2 nitrogen and oxygen atoms in total. The standard InChI is InChI=1S/C6H11NO/c1-5-3-4-7(8)6(5)2/h7H,3-4H2,1-2H3. The Balaban J connectivity index is 2.71. The molecule has 0 radical (unpaired) electrons. The molecule has 0 saturated carbocycles. The fraction of sp³-hybridized carbons (Fsp3) is 0.667. The second-order valence-electron chi connectivity index (χ2n) is 2.33. The lowest BCUT2D eigenvalue weighted by molar-refractivity contribution is -0.799. The van der Waals surface area contributed by atoms with Crippen LogP contribution in [0, 0.1) is 5.21 Å². The molecule has 1 unspecified atom stereocenters. The van der Waals surface area contributed by atoms with Gasteiger partial charge in [-0.15, -0.1) is 0 Å². The first-order valence-electron chi connectivity index (χ1n) is 2.91. The van der Waals surface area contributed by atoms with Gasteiger partial charge in [0.25, 0.3) is 0 Å². The van der Waals surface area contributed by atoms with Crippen LogP contribution in [0.3, 0.4) is 0 Å². The van der Waals surface area contributed by atoms with Crippen molar-refractivity contribution >= 4 is 0 Å². The van der Waals surface area contributed by atoms with E-state index in [9.17, 15) is 5.21 Å². The van der Waals surface area contributed by atoms with Gasteiger partial charge in [0.15, 0.2) is 0 Å². The molecule has 1 atom stereocenters. The van der Waals surface area contributed by atoms with Crippen LogP contribution in [0.25, 0.3) is 0 Å². The topological polar surface area (TPSA) is 27.5 Å². The minimum atomic E-state index is 0.336. The Hall–Kier alpha value is -0.340. The minimum Gasteiger partial charge on any atom is -0.629 e. The summed E-state index contributed by atoms with van der Waals surface area (Å²) >= 11 is 0. The molecule has 0 aromatic carbocycles. The maximum atomic E-state index is 10.7. The quantitative estimate of drug-likeness (QED) is 0.442. The molecule has 1 rings (SSSR count). The first-order chi connectivity index (χ1) is 3.72. The molecule has 0 aliphatic carbocycles. The lowest BCUT2D eigenvalue weighted by Gasteiger charge is -2.15. The molecule has 0 amide bonds. The summed E-state index contributed by atoms with van der Waals surface area (Å²) in [6, 6.07) is 0. The predicted molar refractivity (Wildman–Crippen MR) is 32.2 cm³/mol. The van der Waals surface area contributed by atoms with Gasteiger partial charge in [-0.25, -0.2) is 0 Å². The molecule has 8 heavy (non-hydrogen) atoms. The number of hydrogen-bond acceptors (Lipinski definition) is 1. The normalized spacial score (nSPS) is 29.6. The van der Waals surface area contributed by atoms with Crippen molar-refractivity contribution in [2.45, 2.75) is 20.3 Å². The summed E-state index contributed by atoms with van der Waals surface area (Å²) in [7, 11) is 0. The molecule has 1 aliphatic rings. The van der Waals surface area contributed by atoms with Gasteiger partial charge in [0.1, 0.15) is 5.70 Å². The Kier molecular flexibility index (Phi) is 1.36. The maximum absolute atomic E-state index is 10.7. The van der Waals surface area contributed by atoms with Crippen molar-refractivity contribution in [3.8, 4) is 0 Å². The summed E-state index contributed by atoms with van der Waals surface area (Å²) < 4.78 is 0. The van der Waals surface area contributed by atoms with Gasteiger partial charge in [0.2, 0.25) is 0 Å². The van der Waals surface area contributed by atoms with E-state index in [0.29, 0.717) is 5.06 Å². The minimum absolute atomic E-state index is 0.336. The van der Waals surface area contributed by atoms with Crippen LogP contribution in [-0.4, -0.2) is 6.54 Å². The van der Waals surface area contributed by atoms with Crippen LogP contribution < -0.4 is 5.06 Å². The summed E-state index contributed by atoms with van der Waals surface area (Å²) in [5.74, 6) is 0. The van der Waals surface area contributed by atoms with Crippen molar-refractivity contribution in [3.05, 3.63) is 16.5 Å². The summed E-state index contributed by atoms with van der Waals surface area (Å²) in [6.45, 7) is 4.68. The van der Waals surface area contributed by atoms with E-state index >= 15 is 0 Å². The van der Waals surface area contributed by atoms with Crippen molar-refractivity contribution in [1.29, 1.82) is 0 Å².